The van der Waals surface area contributed by atoms with Gasteiger partial charge in [-0.15, -0.1) is 10.2 Å². The molecule has 2 amide bonds. The van der Waals surface area contributed by atoms with Crippen molar-refractivity contribution in [2.45, 2.75) is 58.3 Å². The van der Waals surface area contributed by atoms with E-state index < -0.39 is 5.60 Å². The third-order valence-electron chi connectivity index (χ3n) is 5.72. The second-order valence-corrected chi connectivity index (χ2v) is 9.32. The summed E-state index contributed by atoms with van der Waals surface area (Å²) in [6, 6.07) is 9.66. The van der Waals surface area contributed by atoms with Crippen LogP contribution in [0.4, 0.5) is 9.59 Å². The first kappa shape index (κ1) is 22.1. The Balaban J connectivity index is 1.34. The molecule has 0 radical (unpaired) electrons. The van der Waals surface area contributed by atoms with Gasteiger partial charge in [0.1, 0.15) is 23.9 Å². The van der Waals surface area contributed by atoms with Gasteiger partial charge in [0.25, 0.3) is 0 Å². The van der Waals surface area contributed by atoms with E-state index in [1.165, 1.54) is 0 Å². The number of hydrogen-bond donors (Lipinski definition) is 0. The van der Waals surface area contributed by atoms with Crippen LogP contribution in [0.2, 0.25) is 0 Å². The fraction of sp³-hybridized carbons (Fsp3) is 0.565. The van der Waals surface area contributed by atoms with Crippen LogP contribution in [0.3, 0.4) is 0 Å². The maximum atomic E-state index is 12.5. The van der Waals surface area contributed by atoms with Gasteiger partial charge >= 0.3 is 12.2 Å². The van der Waals surface area contributed by atoms with Crippen molar-refractivity contribution in [2.24, 2.45) is 0 Å². The van der Waals surface area contributed by atoms with Gasteiger partial charge in [0.15, 0.2) is 0 Å². The van der Waals surface area contributed by atoms with Crippen LogP contribution in [0.15, 0.2) is 30.3 Å². The van der Waals surface area contributed by atoms with Crippen molar-refractivity contribution in [1.82, 2.24) is 24.6 Å². The number of amides is 2. The second kappa shape index (κ2) is 9.18. The van der Waals surface area contributed by atoms with Crippen molar-refractivity contribution in [3.63, 3.8) is 0 Å². The van der Waals surface area contributed by atoms with E-state index in [4.69, 9.17) is 9.47 Å². The number of aromatic nitrogens is 3. The highest BCUT2D eigenvalue weighted by Gasteiger charge is 2.33. The van der Waals surface area contributed by atoms with E-state index in [0.29, 0.717) is 39.1 Å². The molecule has 1 atom stereocenters. The molecule has 1 fully saturated rings. The van der Waals surface area contributed by atoms with Gasteiger partial charge in [-0.3, -0.25) is 0 Å². The maximum Gasteiger partial charge on any atom is 0.410 e. The standard InChI is InChI=1S/C23H31N5O4/c1-23(2,3)32-22(30)26-12-10-19-24-25-20(28(19)14-13-26)18-9-11-27(15-18)21(29)31-16-17-7-5-4-6-8-17/h4-8,18H,9-16H2,1-3H3. The number of fused-ring (bicyclic) bond motifs is 1. The molecule has 0 saturated carbocycles. The van der Waals surface area contributed by atoms with Crippen LogP contribution in [0.25, 0.3) is 0 Å². The van der Waals surface area contributed by atoms with Gasteiger partial charge < -0.3 is 23.8 Å². The van der Waals surface area contributed by atoms with Crippen LogP contribution in [0, 0.1) is 0 Å². The minimum absolute atomic E-state index is 0.105. The zero-order chi connectivity index (χ0) is 22.7. The molecule has 0 spiro atoms. The number of nitrogens with zero attached hydrogens (tertiary/aromatic N) is 5. The summed E-state index contributed by atoms with van der Waals surface area (Å²) < 4.78 is 13.1. The Morgan fingerprint density at radius 1 is 1.00 bits per heavy atom. The topological polar surface area (TPSA) is 89.8 Å². The summed E-state index contributed by atoms with van der Waals surface area (Å²) >= 11 is 0. The number of carbonyl (C=O) groups is 2. The molecule has 32 heavy (non-hydrogen) atoms. The van der Waals surface area contributed by atoms with Crippen molar-refractivity contribution in [2.75, 3.05) is 26.2 Å². The summed E-state index contributed by atoms with van der Waals surface area (Å²) in [5.41, 5.74) is 0.445. The average Bonchev–Trinajstić information content (AvgIpc) is 3.33. The van der Waals surface area contributed by atoms with Gasteiger partial charge in [-0.05, 0) is 32.8 Å². The molecule has 9 heteroatoms. The molecular weight excluding hydrogens is 410 g/mol. The Bertz CT molecular complexity index is 953. The van der Waals surface area contributed by atoms with Crippen molar-refractivity contribution in [3.05, 3.63) is 47.5 Å². The number of rotatable bonds is 3. The number of carbonyl (C=O) groups excluding carboxylic acids is 2. The van der Waals surface area contributed by atoms with E-state index in [2.05, 4.69) is 14.8 Å². The first-order chi connectivity index (χ1) is 15.3. The number of ether oxygens (including phenoxy) is 2. The van der Waals surface area contributed by atoms with Crippen LogP contribution in [0.5, 0.6) is 0 Å². The number of likely N-dealkylation sites (tertiary alicyclic amines) is 1. The van der Waals surface area contributed by atoms with Gasteiger partial charge in [-0.2, -0.15) is 0 Å². The average molecular weight is 442 g/mol. The van der Waals surface area contributed by atoms with E-state index in [-0.39, 0.29) is 24.7 Å². The molecule has 0 bridgehead atoms. The molecule has 4 rings (SSSR count). The van der Waals surface area contributed by atoms with E-state index in [1.54, 1.807) is 9.80 Å². The van der Waals surface area contributed by atoms with Gasteiger partial charge in [0.05, 0.1) is 0 Å². The monoisotopic (exact) mass is 441 g/mol. The van der Waals surface area contributed by atoms with Crippen LogP contribution in [-0.4, -0.2) is 68.5 Å². The Morgan fingerprint density at radius 3 is 2.53 bits per heavy atom. The lowest BCUT2D eigenvalue weighted by molar-refractivity contribution is 0.0253. The summed E-state index contributed by atoms with van der Waals surface area (Å²) in [6.45, 7) is 8.77. The minimum Gasteiger partial charge on any atom is -0.445 e. The highest BCUT2D eigenvalue weighted by atomic mass is 16.6. The lowest BCUT2D eigenvalue weighted by Crippen LogP contribution is -2.38. The zero-order valence-corrected chi connectivity index (χ0v) is 19.0. The van der Waals surface area contributed by atoms with E-state index in [0.717, 1.165) is 23.6 Å². The largest absolute Gasteiger partial charge is 0.445 e. The molecule has 1 saturated heterocycles. The van der Waals surface area contributed by atoms with E-state index in [9.17, 15) is 9.59 Å². The molecule has 1 aromatic carbocycles. The smallest absolute Gasteiger partial charge is 0.410 e. The summed E-state index contributed by atoms with van der Waals surface area (Å²) in [5.74, 6) is 1.86. The SMILES string of the molecule is CC(C)(C)OC(=O)N1CCc2nnc(C3CCN(C(=O)OCc4ccccc4)C3)n2CC1. The molecule has 172 valence electrons. The van der Waals surface area contributed by atoms with Crippen LogP contribution in [-0.2, 0) is 29.0 Å². The predicted molar refractivity (Wildman–Crippen MR) is 117 cm³/mol. The molecule has 2 aliphatic rings. The summed E-state index contributed by atoms with van der Waals surface area (Å²) in [6.07, 6.45) is 0.838. The number of hydrogen-bond acceptors (Lipinski definition) is 6. The first-order valence-corrected chi connectivity index (χ1v) is 11.2. The second-order valence-electron chi connectivity index (χ2n) is 9.32. The zero-order valence-electron chi connectivity index (χ0n) is 19.0. The molecule has 0 aliphatic carbocycles. The van der Waals surface area contributed by atoms with Gasteiger partial charge in [-0.25, -0.2) is 9.59 Å². The molecule has 2 aromatic rings. The molecule has 2 aliphatic heterocycles. The van der Waals surface area contributed by atoms with Gasteiger partial charge in [0.2, 0.25) is 0 Å². The predicted octanol–water partition coefficient (Wildman–Crippen LogP) is 3.20. The van der Waals surface area contributed by atoms with Gasteiger partial charge in [-0.1, -0.05) is 30.3 Å². The molecule has 0 N–H and O–H groups in total. The summed E-state index contributed by atoms with van der Waals surface area (Å²) in [7, 11) is 0. The molecule has 1 unspecified atom stereocenters. The van der Waals surface area contributed by atoms with Crippen LogP contribution >= 0.6 is 0 Å². The maximum absolute atomic E-state index is 12.5. The Labute approximate surface area is 188 Å². The lowest BCUT2D eigenvalue weighted by atomic mass is 10.1. The quantitative estimate of drug-likeness (QED) is 0.727. The third-order valence-corrected chi connectivity index (χ3v) is 5.72. The third kappa shape index (κ3) is 5.20. The van der Waals surface area contributed by atoms with Gasteiger partial charge in [0, 0.05) is 45.1 Å². The highest BCUT2D eigenvalue weighted by molar-refractivity contribution is 5.68. The van der Waals surface area contributed by atoms with E-state index >= 15 is 0 Å². The van der Waals surface area contributed by atoms with Crippen molar-refractivity contribution in [1.29, 1.82) is 0 Å². The van der Waals surface area contributed by atoms with Crippen molar-refractivity contribution in [3.8, 4) is 0 Å². The fourth-order valence-corrected chi connectivity index (χ4v) is 4.10. The van der Waals surface area contributed by atoms with Crippen molar-refractivity contribution >= 4 is 12.2 Å². The van der Waals surface area contributed by atoms with Crippen LogP contribution in [0.1, 0.15) is 50.3 Å². The Hall–Kier alpha value is -3.10. The fourth-order valence-electron chi connectivity index (χ4n) is 4.10. The molecule has 9 nitrogen and oxygen atoms in total. The molecular formula is C23H31N5O4. The lowest BCUT2D eigenvalue weighted by Gasteiger charge is -2.26. The molecule has 1 aromatic heterocycles. The van der Waals surface area contributed by atoms with Crippen LogP contribution < -0.4 is 0 Å². The Morgan fingerprint density at radius 2 is 1.78 bits per heavy atom. The number of benzene rings is 1. The first-order valence-electron chi connectivity index (χ1n) is 11.2. The Kier molecular flexibility index (Phi) is 6.34. The highest BCUT2D eigenvalue weighted by Crippen LogP contribution is 2.28. The summed E-state index contributed by atoms with van der Waals surface area (Å²) in [4.78, 5) is 28.4. The normalized spacial score (nSPS) is 18.8. The minimum atomic E-state index is -0.522. The van der Waals surface area contributed by atoms with E-state index in [1.807, 2.05) is 51.1 Å². The molecule has 3 heterocycles. The summed E-state index contributed by atoms with van der Waals surface area (Å²) in [5, 5.41) is 8.81. The van der Waals surface area contributed by atoms with Crippen molar-refractivity contribution < 1.29 is 19.1 Å².